The molecule has 0 saturated carbocycles. The second-order valence-corrected chi connectivity index (χ2v) is 7.17. The lowest BCUT2D eigenvalue weighted by Crippen LogP contribution is -2.20. The van der Waals surface area contributed by atoms with E-state index in [1.54, 1.807) is 41.1 Å². The average Bonchev–Trinajstić information content (AvgIpc) is 2.88. The summed E-state index contributed by atoms with van der Waals surface area (Å²) in [4.78, 5) is 0. The minimum absolute atomic E-state index is 0.257. The first kappa shape index (κ1) is 19.6. The molecule has 8 heteroatoms. The Labute approximate surface area is 172 Å². The van der Waals surface area contributed by atoms with Crippen LogP contribution in [0.3, 0.4) is 0 Å². The molecule has 0 aliphatic rings. The lowest BCUT2D eigenvalue weighted by Gasteiger charge is -2.13. The largest absolute Gasteiger partial charge is 0.331 e. The summed E-state index contributed by atoms with van der Waals surface area (Å²) < 4.78 is 15.7. The van der Waals surface area contributed by atoms with Gasteiger partial charge in [-0.25, -0.2) is 4.39 Å². The van der Waals surface area contributed by atoms with Crippen molar-refractivity contribution in [1.82, 2.24) is 9.78 Å². The van der Waals surface area contributed by atoms with E-state index in [1.165, 1.54) is 6.07 Å². The van der Waals surface area contributed by atoms with Crippen LogP contribution in [0.5, 0.6) is 0 Å². The summed E-state index contributed by atoms with van der Waals surface area (Å²) >= 11 is 17.6. The van der Waals surface area contributed by atoms with Gasteiger partial charge in [0.05, 0.1) is 39.4 Å². The third-order valence-corrected chi connectivity index (χ3v) is 5.12. The van der Waals surface area contributed by atoms with Crippen molar-refractivity contribution in [2.75, 3.05) is 10.6 Å². The van der Waals surface area contributed by atoms with Crippen molar-refractivity contribution >= 4 is 51.9 Å². The molecule has 0 bridgehead atoms. The number of benzene rings is 2. The zero-order chi connectivity index (χ0) is 19.6. The second kappa shape index (κ2) is 8.25. The van der Waals surface area contributed by atoms with Crippen LogP contribution in [0.4, 0.5) is 15.8 Å². The summed E-state index contributed by atoms with van der Waals surface area (Å²) in [6.07, 6.45) is 0. The van der Waals surface area contributed by atoms with E-state index < -0.39 is 0 Å². The second-order valence-electron chi connectivity index (χ2n) is 5.98. The maximum absolute atomic E-state index is 13.9. The van der Waals surface area contributed by atoms with Gasteiger partial charge < -0.3 is 10.6 Å². The molecular formula is C19H17Cl2FN4S. The van der Waals surface area contributed by atoms with Crippen molar-refractivity contribution in [3.63, 3.8) is 0 Å². The molecule has 1 aromatic heterocycles. The number of nitrogens with zero attached hydrogens (tertiary/aromatic N) is 2. The van der Waals surface area contributed by atoms with Gasteiger partial charge in [0.1, 0.15) is 5.82 Å². The Balaban J connectivity index is 1.77. The number of thiocarbonyl (C=S) groups is 1. The van der Waals surface area contributed by atoms with Crippen LogP contribution in [0.25, 0.3) is 0 Å². The third kappa shape index (κ3) is 4.40. The smallest absolute Gasteiger partial charge is 0.175 e. The molecular weight excluding hydrogens is 406 g/mol. The fourth-order valence-corrected chi connectivity index (χ4v) is 3.25. The summed E-state index contributed by atoms with van der Waals surface area (Å²) in [5.41, 5.74) is 3.54. The van der Waals surface area contributed by atoms with E-state index in [1.807, 2.05) is 13.8 Å². The fraction of sp³-hybridized carbons (Fsp3) is 0.158. The van der Waals surface area contributed by atoms with Gasteiger partial charge in [0, 0.05) is 5.56 Å². The monoisotopic (exact) mass is 422 g/mol. The highest BCUT2D eigenvalue weighted by Crippen LogP contribution is 2.30. The number of hydrogen-bond donors (Lipinski definition) is 2. The number of rotatable bonds is 4. The molecule has 0 spiro atoms. The van der Waals surface area contributed by atoms with E-state index in [9.17, 15) is 4.39 Å². The Bertz CT molecular complexity index is 1000. The molecule has 0 fully saturated rings. The molecule has 27 heavy (non-hydrogen) atoms. The van der Waals surface area contributed by atoms with Gasteiger partial charge in [-0.15, -0.1) is 0 Å². The number of anilines is 2. The summed E-state index contributed by atoms with van der Waals surface area (Å²) in [5, 5.41) is 11.8. The normalized spacial score (nSPS) is 10.7. The standard InChI is InChI=1S/C19H17Cl2FN4S/c1-11-18(24-19(27)23-16-9-5-7-14(20)17(16)21)12(2)26(25-11)10-13-6-3-4-8-15(13)22/h3-9H,10H2,1-2H3,(H2,23,24,27). The van der Waals surface area contributed by atoms with Crippen molar-refractivity contribution in [2.24, 2.45) is 0 Å². The lowest BCUT2D eigenvalue weighted by molar-refractivity contribution is 0.579. The Hall–Kier alpha value is -2.15. The highest BCUT2D eigenvalue weighted by atomic mass is 35.5. The molecule has 140 valence electrons. The summed E-state index contributed by atoms with van der Waals surface area (Å²) in [6, 6.07) is 11.9. The van der Waals surface area contributed by atoms with E-state index in [0.717, 1.165) is 17.1 Å². The molecule has 0 unspecified atom stereocenters. The Kier molecular flexibility index (Phi) is 5.99. The number of nitrogens with one attached hydrogen (secondary N) is 2. The SMILES string of the molecule is Cc1nn(Cc2ccccc2F)c(C)c1NC(=S)Nc1cccc(Cl)c1Cl. The first-order valence-electron chi connectivity index (χ1n) is 8.16. The van der Waals surface area contributed by atoms with Gasteiger partial charge in [0.25, 0.3) is 0 Å². The van der Waals surface area contributed by atoms with E-state index in [2.05, 4.69) is 15.7 Å². The van der Waals surface area contributed by atoms with Gasteiger partial charge in [0.15, 0.2) is 5.11 Å². The van der Waals surface area contributed by atoms with Crippen molar-refractivity contribution in [1.29, 1.82) is 0 Å². The van der Waals surface area contributed by atoms with Crippen LogP contribution in [0, 0.1) is 19.7 Å². The quantitative estimate of drug-likeness (QED) is 0.521. The van der Waals surface area contributed by atoms with E-state index in [-0.39, 0.29) is 5.82 Å². The highest BCUT2D eigenvalue weighted by Gasteiger charge is 2.15. The zero-order valence-corrected chi connectivity index (χ0v) is 17.0. The van der Waals surface area contributed by atoms with Gasteiger partial charge in [-0.05, 0) is 44.3 Å². The van der Waals surface area contributed by atoms with Crippen molar-refractivity contribution in [3.8, 4) is 0 Å². The van der Waals surface area contributed by atoms with E-state index in [0.29, 0.717) is 33.0 Å². The number of aromatic nitrogens is 2. The minimum atomic E-state index is -0.257. The summed E-state index contributed by atoms with van der Waals surface area (Å²) in [5.74, 6) is -0.257. The molecule has 0 radical (unpaired) electrons. The van der Waals surface area contributed by atoms with Crippen LogP contribution < -0.4 is 10.6 Å². The zero-order valence-electron chi connectivity index (χ0n) is 14.7. The van der Waals surface area contributed by atoms with Gasteiger partial charge >= 0.3 is 0 Å². The summed E-state index contributed by atoms with van der Waals surface area (Å²) in [7, 11) is 0. The van der Waals surface area contributed by atoms with Crippen LogP contribution in [0.2, 0.25) is 10.0 Å². The molecule has 2 N–H and O–H groups in total. The first-order valence-corrected chi connectivity index (χ1v) is 9.32. The highest BCUT2D eigenvalue weighted by molar-refractivity contribution is 7.80. The van der Waals surface area contributed by atoms with E-state index >= 15 is 0 Å². The molecule has 0 atom stereocenters. The lowest BCUT2D eigenvalue weighted by atomic mass is 10.2. The number of halogens is 3. The van der Waals surface area contributed by atoms with Crippen LogP contribution in [0.1, 0.15) is 17.0 Å². The first-order chi connectivity index (χ1) is 12.9. The predicted molar refractivity (Wildman–Crippen MR) is 114 cm³/mol. The Morgan fingerprint density at radius 2 is 1.85 bits per heavy atom. The van der Waals surface area contributed by atoms with Crippen molar-refractivity contribution < 1.29 is 4.39 Å². The fourth-order valence-electron chi connectivity index (χ4n) is 2.69. The number of hydrogen-bond acceptors (Lipinski definition) is 2. The molecule has 0 saturated heterocycles. The molecule has 1 heterocycles. The topological polar surface area (TPSA) is 41.9 Å². The predicted octanol–water partition coefficient (Wildman–Crippen LogP) is 5.80. The van der Waals surface area contributed by atoms with Crippen LogP contribution in [0.15, 0.2) is 42.5 Å². The Morgan fingerprint density at radius 1 is 1.11 bits per heavy atom. The minimum Gasteiger partial charge on any atom is -0.331 e. The molecule has 3 aromatic rings. The maximum Gasteiger partial charge on any atom is 0.175 e. The van der Waals surface area contributed by atoms with Crippen LogP contribution in [-0.2, 0) is 6.54 Å². The van der Waals surface area contributed by atoms with Gasteiger partial charge in [-0.1, -0.05) is 47.5 Å². The molecule has 2 aromatic carbocycles. The molecule has 0 amide bonds. The average molecular weight is 423 g/mol. The molecule has 0 aliphatic carbocycles. The van der Waals surface area contributed by atoms with Gasteiger partial charge in [-0.2, -0.15) is 5.10 Å². The van der Waals surface area contributed by atoms with Crippen LogP contribution in [-0.4, -0.2) is 14.9 Å². The third-order valence-electron chi connectivity index (χ3n) is 4.10. The van der Waals surface area contributed by atoms with Crippen molar-refractivity contribution in [3.05, 3.63) is 75.3 Å². The van der Waals surface area contributed by atoms with Crippen molar-refractivity contribution in [2.45, 2.75) is 20.4 Å². The van der Waals surface area contributed by atoms with Gasteiger partial charge in [-0.3, -0.25) is 4.68 Å². The number of aryl methyl sites for hydroxylation is 1. The van der Waals surface area contributed by atoms with Gasteiger partial charge in [0.2, 0.25) is 0 Å². The van der Waals surface area contributed by atoms with Crippen LogP contribution >= 0.6 is 35.4 Å². The molecule has 4 nitrogen and oxygen atoms in total. The van der Waals surface area contributed by atoms with E-state index in [4.69, 9.17) is 35.4 Å². The maximum atomic E-state index is 13.9. The molecule has 0 aliphatic heterocycles. The summed E-state index contributed by atoms with van der Waals surface area (Å²) in [6.45, 7) is 4.10. The molecule has 3 rings (SSSR count). The Morgan fingerprint density at radius 3 is 2.59 bits per heavy atom.